The normalized spacial score (nSPS) is 32.3. The molecule has 3 nitrogen and oxygen atoms in total. The summed E-state index contributed by atoms with van der Waals surface area (Å²) >= 11 is 12.3. The van der Waals surface area contributed by atoms with E-state index in [4.69, 9.17) is 23.2 Å². The van der Waals surface area contributed by atoms with E-state index in [1.54, 1.807) is 6.07 Å². The second-order valence-electron chi connectivity index (χ2n) is 6.25. The van der Waals surface area contributed by atoms with Crippen molar-refractivity contribution in [2.75, 3.05) is 0 Å². The third-order valence-corrected chi connectivity index (χ3v) is 5.93. The third kappa shape index (κ3) is 2.67. The molecule has 114 valence electrons. The zero-order chi connectivity index (χ0) is 15.1. The molecule has 0 saturated heterocycles. The van der Waals surface area contributed by atoms with Crippen molar-refractivity contribution in [3.05, 3.63) is 33.8 Å². The van der Waals surface area contributed by atoms with Crippen molar-refractivity contribution in [2.24, 2.45) is 17.8 Å². The van der Waals surface area contributed by atoms with Crippen LogP contribution in [-0.2, 0) is 4.79 Å². The van der Waals surface area contributed by atoms with E-state index in [0.29, 0.717) is 21.9 Å². The van der Waals surface area contributed by atoms with Crippen LogP contribution in [0.15, 0.2) is 18.2 Å². The van der Waals surface area contributed by atoms with Crippen LogP contribution in [0.4, 0.5) is 0 Å². The van der Waals surface area contributed by atoms with Crippen molar-refractivity contribution in [2.45, 2.75) is 38.3 Å². The summed E-state index contributed by atoms with van der Waals surface area (Å²) in [5.74, 6) is -0.156. The van der Waals surface area contributed by atoms with Crippen molar-refractivity contribution in [3.8, 4) is 0 Å². The van der Waals surface area contributed by atoms with Crippen LogP contribution >= 0.6 is 23.2 Å². The molecule has 2 saturated carbocycles. The maximum atomic E-state index is 11.6. The van der Waals surface area contributed by atoms with Crippen LogP contribution < -0.4 is 5.32 Å². The van der Waals surface area contributed by atoms with E-state index in [1.807, 2.05) is 19.1 Å². The molecule has 2 N–H and O–H groups in total. The molecule has 2 aliphatic rings. The maximum Gasteiger partial charge on any atom is 0.308 e. The second kappa shape index (κ2) is 5.79. The first-order chi connectivity index (χ1) is 9.99. The number of rotatable bonds is 4. The molecular formula is C16H19Cl2NO2. The largest absolute Gasteiger partial charge is 0.481 e. The molecule has 0 aromatic heterocycles. The Bertz CT molecular complexity index is 563. The van der Waals surface area contributed by atoms with E-state index >= 15 is 0 Å². The van der Waals surface area contributed by atoms with Gasteiger partial charge in [0.25, 0.3) is 0 Å². The van der Waals surface area contributed by atoms with Crippen molar-refractivity contribution < 1.29 is 9.90 Å². The van der Waals surface area contributed by atoms with E-state index in [2.05, 4.69) is 5.32 Å². The number of benzene rings is 1. The topological polar surface area (TPSA) is 49.3 Å². The molecule has 5 atom stereocenters. The summed E-state index contributed by atoms with van der Waals surface area (Å²) < 4.78 is 0. The highest BCUT2D eigenvalue weighted by atomic mass is 35.5. The molecule has 21 heavy (non-hydrogen) atoms. The summed E-state index contributed by atoms with van der Waals surface area (Å²) in [4.78, 5) is 11.6. The maximum absolute atomic E-state index is 11.6. The van der Waals surface area contributed by atoms with E-state index in [9.17, 15) is 9.90 Å². The molecule has 0 radical (unpaired) electrons. The van der Waals surface area contributed by atoms with Gasteiger partial charge in [0, 0.05) is 12.1 Å². The Morgan fingerprint density at radius 2 is 2.05 bits per heavy atom. The average Bonchev–Trinajstić information content (AvgIpc) is 3.02. The van der Waals surface area contributed by atoms with Crippen molar-refractivity contribution in [1.29, 1.82) is 0 Å². The van der Waals surface area contributed by atoms with Gasteiger partial charge in [-0.1, -0.05) is 35.3 Å². The first-order valence-electron chi connectivity index (χ1n) is 7.41. The Labute approximate surface area is 134 Å². The molecule has 0 heterocycles. The zero-order valence-corrected chi connectivity index (χ0v) is 13.4. The highest BCUT2D eigenvalue weighted by molar-refractivity contribution is 6.42. The predicted molar refractivity (Wildman–Crippen MR) is 83.8 cm³/mol. The summed E-state index contributed by atoms with van der Waals surface area (Å²) in [6, 6.07) is 5.60. The highest BCUT2D eigenvalue weighted by Gasteiger charge is 2.51. The van der Waals surface area contributed by atoms with Crippen LogP contribution in [0.3, 0.4) is 0 Å². The first-order valence-corrected chi connectivity index (χ1v) is 8.17. The van der Waals surface area contributed by atoms with Gasteiger partial charge >= 0.3 is 5.97 Å². The Kier molecular flexibility index (Phi) is 4.17. The SMILES string of the molecule is CC(NC1C2CCC(C2)C1C(=O)O)c1cccc(Cl)c1Cl. The average molecular weight is 328 g/mol. The molecule has 5 unspecified atom stereocenters. The fraction of sp³-hybridized carbons (Fsp3) is 0.562. The monoisotopic (exact) mass is 327 g/mol. The smallest absolute Gasteiger partial charge is 0.308 e. The zero-order valence-electron chi connectivity index (χ0n) is 11.9. The molecular weight excluding hydrogens is 309 g/mol. The fourth-order valence-corrected chi connectivity index (χ4v) is 4.59. The van der Waals surface area contributed by atoms with Crippen molar-refractivity contribution >= 4 is 29.2 Å². The van der Waals surface area contributed by atoms with Gasteiger partial charge in [0.15, 0.2) is 0 Å². The lowest BCUT2D eigenvalue weighted by Gasteiger charge is -2.32. The van der Waals surface area contributed by atoms with Crippen LogP contribution in [0.5, 0.6) is 0 Å². The summed E-state index contributed by atoms with van der Waals surface area (Å²) in [5.41, 5.74) is 0.927. The second-order valence-corrected chi connectivity index (χ2v) is 7.04. The van der Waals surface area contributed by atoms with E-state index in [0.717, 1.165) is 24.8 Å². The number of halogens is 2. The minimum Gasteiger partial charge on any atom is -0.481 e. The summed E-state index contributed by atoms with van der Waals surface area (Å²) in [7, 11) is 0. The van der Waals surface area contributed by atoms with Crippen molar-refractivity contribution in [3.63, 3.8) is 0 Å². The molecule has 0 amide bonds. The number of aliphatic carboxylic acids is 1. The summed E-state index contributed by atoms with van der Waals surface area (Å²) in [5, 5.41) is 14.1. The molecule has 2 fully saturated rings. The van der Waals surface area contributed by atoms with Gasteiger partial charge in [-0.15, -0.1) is 0 Å². The number of carboxylic acids is 1. The van der Waals surface area contributed by atoms with Gasteiger partial charge < -0.3 is 10.4 Å². The number of nitrogens with one attached hydrogen (secondary N) is 1. The van der Waals surface area contributed by atoms with Crippen LogP contribution in [0.25, 0.3) is 0 Å². The molecule has 2 aliphatic carbocycles. The third-order valence-electron chi connectivity index (χ3n) is 5.09. The Morgan fingerprint density at radius 3 is 2.76 bits per heavy atom. The number of hydrogen-bond donors (Lipinski definition) is 2. The van der Waals surface area contributed by atoms with Gasteiger partial charge in [0.2, 0.25) is 0 Å². The lowest BCUT2D eigenvalue weighted by Crippen LogP contribution is -2.45. The van der Waals surface area contributed by atoms with Gasteiger partial charge in [-0.05, 0) is 49.7 Å². The van der Waals surface area contributed by atoms with Gasteiger partial charge in [0.1, 0.15) is 0 Å². The molecule has 5 heteroatoms. The molecule has 1 aromatic carbocycles. The predicted octanol–water partition coefficient (Wildman–Crippen LogP) is 4.14. The van der Waals surface area contributed by atoms with Crippen LogP contribution in [0.2, 0.25) is 10.0 Å². The van der Waals surface area contributed by atoms with Gasteiger partial charge in [-0.25, -0.2) is 0 Å². The quantitative estimate of drug-likeness (QED) is 0.873. The fourth-order valence-electron chi connectivity index (χ4n) is 4.12. The van der Waals surface area contributed by atoms with E-state index < -0.39 is 5.97 Å². The lowest BCUT2D eigenvalue weighted by molar-refractivity contribution is -0.144. The van der Waals surface area contributed by atoms with Gasteiger partial charge in [-0.3, -0.25) is 4.79 Å². The summed E-state index contributed by atoms with van der Waals surface area (Å²) in [6.07, 6.45) is 3.21. The molecule has 0 aliphatic heterocycles. The Hall–Kier alpha value is -0.770. The minimum atomic E-state index is -0.677. The van der Waals surface area contributed by atoms with E-state index in [1.165, 1.54) is 0 Å². The number of carbonyl (C=O) groups is 1. The highest BCUT2D eigenvalue weighted by Crippen LogP contribution is 2.49. The Morgan fingerprint density at radius 1 is 1.33 bits per heavy atom. The van der Waals surface area contributed by atoms with Crippen molar-refractivity contribution in [1.82, 2.24) is 5.32 Å². The molecule has 0 spiro atoms. The van der Waals surface area contributed by atoms with Gasteiger partial charge in [-0.2, -0.15) is 0 Å². The number of carboxylic acid groups (broad SMARTS) is 1. The first kappa shape index (κ1) is 15.1. The molecule has 3 rings (SSSR count). The van der Waals surface area contributed by atoms with Crippen LogP contribution in [-0.4, -0.2) is 17.1 Å². The molecule has 2 bridgehead atoms. The van der Waals surface area contributed by atoms with Crippen LogP contribution in [0.1, 0.15) is 37.8 Å². The number of hydrogen-bond acceptors (Lipinski definition) is 2. The standard InChI is InChI=1S/C16H19Cl2NO2/c1-8(11-3-2-4-12(17)14(11)18)19-15-10-6-5-9(7-10)13(15)16(20)21/h2-4,8-10,13,15,19H,5-7H2,1H3,(H,20,21). The lowest BCUT2D eigenvalue weighted by atomic mass is 9.84. The summed E-state index contributed by atoms with van der Waals surface area (Å²) in [6.45, 7) is 2.02. The van der Waals surface area contributed by atoms with Gasteiger partial charge in [0.05, 0.1) is 16.0 Å². The minimum absolute atomic E-state index is 0.0117. The van der Waals surface area contributed by atoms with Crippen LogP contribution in [0, 0.1) is 17.8 Å². The number of fused-ring (bicyclic) bond motifs is 2. The van der Waals surface area contributed by atoms with E-state index in [-0.39, 0.29) is 18.0 Å². The molecule has 1 aromatic rings. The Balaban J connectivity index is 1.79.